The SMILES string of the molecule is O=C1C2CCCCC2C(=O)N1c1cnn(Cc2ccc(Br)cc2)c1. The Morgan fingerprint density at radius 2 is 1.67 bits per heavy atom. The van der Waals surface area contributed by atoms with E-state index < -0.39 is 0 Å². The van der Waals surface area contributed by atoms with Crippen molar-refractivity contribution < 1.29 is 9.59 Å². The van der Waals surface area contributed by atoms with Gasteiger partial charge in [0.25, 0.3) is 0 Å². The van der Waals surface area contributed by atoms with E-state index in [4.69, 9.17) is 0 Å². The van der Waals surface area contributed by atoms with Crippen molar-refractivity contribution in [1.82, 2.24) is 9.78 Å². The van der Waals surface area contributed by atoms with Crippen LogP contribution in [0.25, 0.3) is 0 Å². The number of fused-ring (bicyclic) bond motifs is 1. The van der Waals surface area contributed by atoms with E-state index in [0.717, 1.165) is 35.7 Å². The van der Waals surface area contributed by atoms with Crippen molar-refractivity contribution in [2.45, 2.75) is 32.2 Å². The zero-order chi connectivity index (χ0) is 16.7. The highest BCUT2D eigenvalue weighted by molar-refractivity contribution is 9.10. The molecule has 124 valence electrons. The minimum atomic E-state index is -0.124. The Kier molecular flexibility index (Phi) is 4.00. The smallest absolute Gasteiger partial charge is 0.237 e. The van der Waals surface area contributed by atoms with E-state index in [1.54, 1.807) is 17.1 Å². The zero-order valence-electron chi connectivity index (χ0n) is 13.2. The fourth-order valence-electron chi connectivity index (χ4n) is 3.75. The average Bonchev–Trinajstić information content (AvgIpc) is 3.14. The quantitative estimate of drug-likeness (QED) is 0.758. The lowest BCUT2D eigenvalue weighted by Crippen LogP contribution is -2.30. The Labute approximate surface area is 148 Å². The summed E-state index contributed by atoms with van der Waals surface area (Å²) in [4.78, 5) is 26.6. The molecule has 24 heavy (non-hydrogen) atoms. The molecule has 2 amide bonds. The van der Waals surface area contributed by atoms with Gasteiger partial charge in [0, 0.05) is 10.7 Å². The predicted octanol–water partition coefficient (Wildman–Crippen LogP) is 3.37. The lowest BCUT2D eigenvalue weighted by atomic mass is 9.81. The standard InChI is InChI=1S/C18H18BrN3O2/c19-13-7-5-12(6-8-13)10-21-11-14(9-20-21)22-17(23)15-3-1-2-4-16(15)18(22)24/h5-9,11,15-16H,1-4,10H2. The summed E-state index contributed by atoms with van der Waals surface area (Å²) < 4.78 is 2.80. The van der Waals surface area contributed by atoms with Crippen LogP contribution in [-0.2, 0) is 16.1 Å². The van der Waals surface area contributed by atoms with E-state index in [0.29, 0.717) is 12.2 Å². The van der Waals surface area contributed by atoms with E-state index in [9.17, 15) is 9.59 Å². The molecule has 2 aliphatic rings. The second-order valence-corrected chi connectivity index (χ2v) is 7.45. The molecular weight excluding hydrogens is 370 g/mol. The molecule has 1 saturated carbocycles. The predicted molar refractivity (Wildman–Crippen MR) is 93.4 cm³/mol. The molecule has 2 unspecified atom stereocenters. The number of carbonyl (C=O) groups excluding carboxylic acids is 2. The van der Waals surface area contributed by atoms with Gasteiger partial charge in [-0.2, -0.15) is 5.10 Å². The summed E-state index contributed by atoms with van der Waals surface area (Å²) in [6.07, 6.45) is 7.15. The first-order chi connectivity index (χ1) is 11.6. The minimum absolute atomic E-state index is 0.0482. The maximum atomic E-state index is 12.6. The molecule has 1 aliphatic heterocycles. The number of aromatic nitrogens is 2. The lowest BCUT2D eigenvalue weighted by molar-refractivity contribution is -0.122. The highest BCUT2D eigenvalue weighted by Crippen LogP contribution is 2.39. The van der Waals surface area contributed by atoms with Gasteiger partial charge in [-0.05, 0) is 30.5 Å². The van der Waals surface area contributed by atoms with Crippen LogP contribution < -0.4 is 4.90 Å². The summed E-state index contributed by atoms with van der Waals surface area (Å²) in [5.74, 6) is -0.345. The lowest BCUT2D eigenvalue weighted by Gasteiger charge is -2.19. The molecule has 2 fully saturated rings. The van der Waals surface area contributed by atoms with Crippen LogP contribution in [0, 0.1) is 11.8 Å². The molecule has 1 aromatic carbocycles. The average molecular weight is 388 g/mol. The van der Waals surface area contributed by atoms with Crippen molar-refractivity contribution in [2.24, 2.45) is 11.8 Å². The van der Waals surface area contributed by atoms with Crippen LogP contribution in [0.2, 0.25) is 0 Å². The van der Waals surface area contributed by atoms with Crippen molar-refractivity contribution in [3.8, 4) is 0 Å². The van der Waals surface area contributed by atoms with Crippen molar-refractivity contribution in [1.29, 1.82) is 0 Å². The Morgan fingerprint density at radius 1 is 1.04 bits per heavy atom. The first kappa shape index (κ1) is 15.6. The van der Waals surface area contributed by atoms with Gasteiger partial charge in [0.2, 0.25) is 11.8 Å². The van der Waals surface area contributed by atoms with E-state index in [-0.39, 0.29) is 23.7 Å². The molecule has 0 bridgehead atoms. The molecule has 0 radical (unpaired) electrons. The first-order valence-corrected chi connectivity index (χ1v) is 9.07. The van der Waals surface area contributed by atoms with Crippen LogP contribution >= 0.6 is 15.9 Å². The van der Waals surface area contributed by atoms with E-state index >= 15 is 0 Å². The molecule has 0 spiro atoms. The van der Waals surface area contributed by atoms with E-state index in [1.807, 2.05) is 24.3 Å². The van der Waals surface area contributed by atoms with Crippen molar-refractivity contribution >= 4 is 33.4 Å². The molecule has 2 aromatic rings. The van der Waals surface area contributed by atoms with E-state index in [1.165, 1.54) is 4.90 Å². The molecule has 6 heteroatoms. The second kappa shape index (κ2) is 6.16. The van der Waals surface area contributed by atoms with Crippen LogP contribution in [0.1, 0.15) is 31.2 Å². The van der Waals surface area contributed by atoms with Gasteiger partial charge in [0.05, 0.1) is 30.3 Å². The molecule has 2 heterocycles. The van der Waals surface area contributed by atoms with Crippen LogP contribution in [0.4, 0.5) is 5.69 Å². The maximum Gasteiger partial charge on any atom is 0.237 e. The topological polar surface area (TPSA) is 55.2 Å². The summed E-state index contributed by atoms with van der Waals surface area (Å²) in [7, 11) is 0. The third kappa shape index (κ3) is 2.69. The third-order valence-electron chi connectivity index (χ3n) is 4.98. The molecule has 1 saturated heterocycles. The van der Waals surface area contributed by atoms with Gasteiger partial charge in [-0.15, -0.1) is 0 Å². The number of rotatable bonds is 3. The zero-order valence-corrected chi connectivity index (χ0v) is 14.8. The maximum absolute atomic E-state index is 12.6. The number of hydrogen-bond donors (Lipinski definition) is 0. The Balaban J connectivity index is 1.55. The largest absolute Gasteiger partial charge is 0.274 e. The van der Waals surface area contributed by atoms with Crippen LogP contribution in [-0.4, -0.2) is 21.6 Å². The Hall–Kier alpha value is -1.95. The van der Waals surface area contributed by atoms with Crippen molar-refractivity contribution in [3.05, 3.63) is 46.7 Å². The van der Waals surface area contributed by atoms with Gasteiger partial charge in [-0.1, -0.05) is 40.9 Å². The monoisotopic (exact) mass is 387 g/mol. The summed E-state index contributed by atoms with van der Waals surface area (Å²) in [5.41, 5.74) is 1.71. The van der Waals surface area contributed by atoms with Gasteiger partial charge in [0.15, 0.2) is 0 Å². The normalized spacial score (nSPS) is 23.6. The number of carbonyl (C=O) groups is 2. The number of amides is 2. The number of anilines is 1. The molecule has 5 nitrogen and oxygen atoms in total. The van der Waals surface area contributed by atoms with Gasteiger partial charge in [0.1, 0.15) is 0 Å². The van der Waals surface area contributed by atoms with E-state index in [2.05, 4.69) is 21.0 Å². The van der Waals surface area contributed by atoms with Crippen LogP contribution in [0.15, 0.2) is 41.1 Å². The summed E-state index contributed by atoms with van der Waals surface area (Å²) in [6.45, 7) is 0.607. The number of imide groups is 1. The molecule has 1 aromatic heterocycles. The van der Waals surface area contributed by atoms with Gasteiger partial charge >= 0.3 is 0 Å². The minimum Gasteiger partial charge on any atom is -0.274 e. The number of benzene rings is 1. The molecular formula is C18H18BrN3O2. The van der Waals surface area contributed by atoms with Gasteiger partial charge in [-0.3, -0.25) is 14.3 Å². The second-order valence-electron chi connectivity index (χ2n) is 6.53. The van der Waals surface area contributed by atoms with Crippen molar-refractivity contribution in [3.63, 3.8) is 0 Å². The fourth-order valence-corrected chi connectivity index (χ4v) is 4.01. The van der Waals surface area contributed by atoms with Gasteiger partial charge in [-0.25, -0.2) is 4.90 Å². The molecule has 0 N–H and O–H groups in total. The third-order valence-corrected chi connectivity index (χ3v) is 5.51. The highest BCUT2D eigenvalue weighted by Gasteiger charge is 2.49. The number of nitrogens with zero attached hydrogens (tertiary/aromatic N) is 3. The van der Waals surface area contributed by atoms with Gasteiger partial charge < -0.3 is 0 Å². The summed E-state index contributed by atoms with van der Waals surface area (Å²) in [5, 5.41) is 4.32. The van der Waals surface area contributed by atoms with Crippen LogP contribution in [0.3, 0.4) is 0 Å². The summed E-state index contributed by atoms with van der Waals surface area (Å²) >= 11 is 3.42. The molecule has 4 rings (SSSR count). The summed E-state index contributed by atoms with van der Waals surface area (Å²) in [6, 6.07) is 8.01. The van der Waals surface area contributed by atoms with Crippen LogP contribution in [0.5, 0.6) is 0 Å². The number of halogens is 1. The Bertz CT molecular complexity index is 760. The first-order valence-electron chi connectivity index (χ1n) is 8.28. The Morgan fingerprint density at radius 3 is 2.29 bits per heavy atom. The fraction of sp³-hybridized carbons (Fsp3) is 0.389. The number of hydrogen-bond acceptors (Lipinski definition) is 3. The highest BCUT2D eigenvalue weighted by atomic mass is 79.9. The van der Waals surface area contributed by atoms with Crippen molar-refractivity contribution in [2.75, 3.05) is 4.90 Å². The molecule has 2 atom stereocenters. The molecule has 1 aliphatic carbocycles.